The third-order valence-electron chi connectivity index (χ3n) is 6.92. The maximum Gasteiger partial charge on any atom is 0.142 e. The molecule has 1 saturated heterocycles. The highest BCUT2D eigenvalue weighted by atomic mass is 16.5. The third-order valence-corrected chi connectivity index (χ3v) is 6.92. The molecule has 5 rings (SSSR count). The fourth-order valence-corrected chi connectivity index (χ4v) is 5.23. The molecule has 5 heteroatoms. The molecule has 0 N–H and O–H groups in total. The summed E-state index contributed by atoms with van der Waals surface area (Å²) in [5, 5.41) is 0. The van der Waals surface area contributed by atoms with Gasteiger partial charge in [-0.05, 0) is 36.2 Å². The van der Waals surface area contributed by atoms with E-state index in [0.29, 0.717) is 12.6 Å². The van der Waals surface area contributed by atoms with E-state index in [1.54, 1.807) is 0 Å². The Labute approximate surface area is 197 Å². The standard InChI is InChI=1S/C28H34N4O/c1-2-33-27-13-7-6-12-26(27)31-20-17-30(18-21-31)19-22-32-16-14-25-24(11-8-15-29-25)28(32)23-9-4-3-5-10-23/h3-13,15,28H,2,14,16-22H2,1H3. The molecule has 0 aliphatic carbocycles. The van der Waals surface area contributed by atoms with Crippen LogP contribution in [0.5, 0.6) is 5.75 Å². The zero-order valence-electron chi connectivity index (χ0n) is 19.6. The van der Waals surface area contributed by atoms with Crippen LogP contribution >= 0.6 is 0 Å². The van der Waals surface area contributed by atoms with Crippen LogP contribution in [0, 0.1) is 0 Å². The van der Waals surface area contributed by atoms with Crippen LogP contribution in [0.1, 0.15) is 29.8 Å². The predicted molar refractivity (Wildman–Crippen MR) is 134 cm³/mol. The van der Waals surface area contributed by atoms with E-state index in [0.717, 1.165) is 58.0 Å². The molecule has 0 amide bonds. The van der Waals surface area contributed by atoms with Crippen molar-refractivity contribution in [2.45, 2.75) is 19.4 Å². The first-order chi connectivity index (χ1) is 16.3. The highest BCUT2D eigenvalue weighted by molar-refractivity contribution is 5.58. The fraction of sp³-hybridized carbons (Fsp3) is 0.393. The van der Waals surface area contributed by atoms with Crippen molar-refractivity contribution < 1.29 is 4.74 Å². The molecule has 1 unspecified atom stereocenters. The van der Waals surface area contributed by atoms with E-state index in [9.17, 15) is 0 Å². The van der Waals surface area contributed by atoms with Crippen LogP contribution in [-0.4, -0.2) is 67.2 Å². The van der Waals surface area contributed by atoms with Gasteiger partial charge in [0.1, 0.15) is 5.75 Å². The van der Waals surface area contributed by atoms with E-state index < -0.39 is 0 Å². The summed E-state index contributed by atoms with van der Waals surface area (Å²) in [5.41, 5.74) is 5.21. The van der Waals surface area contributed by atoms with Gasteiger partial charge in [0.2, 0.25) is 0 Å². The summed E-state index contributed by atoms with van der Waals surface area (Å²) < 4.78 is 5.86. The van der Waals surface area contributed by atoms with Gasteiger partial charge in [0.25, 0.3) is 0 Å². The molecule has 3 heterocycles. The number of ether oxygens (including phenoxy) is 1. The second-order valence-corrected chi connectivity index (χ2v) is 8.87. The minimum atomic E-state index is 0.294. The molecule has 0 spiro atoms. The van der Waals surface area contributed by atoms with E-state index >= 15 is 0 Å². The van der Waals surface area contributed by atoms with Gasteiger partial charge in [-0.25, -0.2) is 0 Å². The summed E-state index contributed by atoms with van der Waals surface area (Å²) >= 11 is 0. The molecule has 5 nitrogen and oxygen atoms in total. The maximum absolute atomic E-state index is 5.86. The first-order valence-corrected chi connectivity index (χ1v) is 12.3. The Morgan fingerprint density at radius 3 is 2.45 bits per heavy atom. The molecule has 0 radical (unpaired) electrons. The van der Waals surface area contributed by atoms with Crippen molar-refractivity contribution in [1.82, 2.24) is 14.8 Å². The monoisotopic (exact) mass is 442 g/mol. The van der Waals surface area contributed by atoms with Crippen molar-refractivity contribution in [3.63, 3.8) is 0 Å². The van der Waals surface area contributed by atoms with Crippen molar-refractivity contribution in [2.24, 2.45) is 0 Å². The molecule has 0 bridgehead atoms. The van der Waals surface area contributed by atoms with Crippen LogP contribution in [0.4, 0.5) is 5.69 Å². The number of anilines is 1. The summed E-state index contributed by atoms with van der Waals surface area (Å²) in [6.45, 7) is 10.2. The lowest BCUT2D eigenvalue weighted by molar-refractivity contribution is 0.164. The molecule has 172 valence electrons. The number of nitrogens with zero attached hydrogens (tertiary/aromatic N) is 4. The SMILES string of the molecule is CCOc1ccccc1N1CCN(CCN2CCc3ncccc3C2c2ccccc2)CC1. The summed E-state index contributed by atoms with van der Waals surface area (Å²) in [4.78, 5) is 12.4. The van der Waals surface area contributed by atoms with E-state index in [4.69, 9.17) is 4.74 Å². The zero-order chi connectivity index (χ0) is 22.5. The number of hydrogen-bond acceptors (Lipinski definition) is 5. The topological polar surface area (TPSA) is 31.8 Å². The highest BCUT2D eigenvalue weighted by Crippen LogP contribution is 2.34. The number of rotatable bonds is 7. The average Bonchev–Trinajstić information content (AvgIpc) is 2.88. The van der Waals surface area contributed by atoms with E-state index in [1.165, 1.54) is 22.5 Å². The second-order valence-electron chi connectivity index (χ2n) is 8.87. The molecule has 1 atom stereocenters. The number of piperazine rings is 1. The Kier molecular flexibility index (Phi) is 6.89. The first-order valence-electron chi connectivity index (χ1n) is 12.3. The van der Waals surface area contributed by atoms with Gasteiger partial charge in [0.15, 0.2) is 0 Å². The summed E-state index contributed by atoms with van der Waals surface area (Å²) in [6.07, 6.45) is 2.96. The third kappa shape index (κ3) is 4.90. The Morgan fingerprint density at radius 1 is 0.848 bits per heavy atom. The molecule has 2 aliphatic rings. The van der Waals surface area contributed by atoms with Gasteiger partial charge >= 0.3 is 0 Å². The van der Waals surface area contributed by atoms with Gasteiger partial charge in [-0.15, -0.1) is 0 Å². The molecule has 0 saturated carbocycles. The number of benzene rings is 2. The molecule has 1 fully saturated rings. The molecule has 33 heavy (non-hydrogen) atoms. The van der Waals surface area contributed by atoms with Crippen LogP contribution < -0.4 is 9.64 Å². The number of aromatic nitrogens is 1. The van der Waals surface area contributed by atoms with Crippen molar-refractivity contribution in [1.29, 1.82) is 0 Å². The lowest BCUT2D eigenvalue weighted by atomic mass is 9.91. The number of pyridine rings is 1. The fourth-order valence-electron chi connectivity index (χ4n) is 5.23. The minimum Gasteiger partial charge on any atom is -0.492 e. The number of fused-ring (bicyclic) bond motifs is 1. The minimum absolute atomic E-state index is 0.294. The Balaban J connectivity index is 1.23. The van der Waals surface area contributed by atoms with Crippen molar-refractivity contribution in [3.05, 3.63) is 89.7 Å². The number of para-hydroxylation sites is 2. The van der Waals surface area contributed by atoms with Gasteiger partial charge in [-0.3, -0.25) is 14.8 Å². The summed E-state index contributed by atoms with van der Waals surface area (Å²) in [5.74, 6) is 1.000. The highest BCUT2D eigenvalue weighted by Gasteiger charge is 2.29. The van der Waals surface area contributed by atoms with Gasteiger partial charge in [-0.2, -0.15) is 0 Å². The van der Waals surface area contributed by atoms with Crippen molar-refractivity contribution in [2.75, 3.05) is 57.3 Å². The maximum atomic E-state index is 5.86. The average molecular weight is 443 g/mol. The lowest BCUT2D eigenvalue weighted by Crippen LogP contribution is -2.49. The quantitative estimate of drug-likeness (QED) is 0.546. The van der Waals surface area contributed by atoms with Crippen LogP contribution in [0.25, 0.3) is 0 Å². The molecular formula is C28H34N4O. The van der Waals surface area contributed by atoms with Gasteiger partial charge < -0.3 is 9.64 Å². The van der Waals surface area contributed by atoms with E-state index in [-0.39, 0.29) is 0 Å². The van der Waals surface area contributed by atoms with Crippen molar-refractivity contribution >= 4 is 5.69 Å². The predicted octanol–water partition coefficient (Wildman–Crippen LogP) is 4.25. The first kappa shape index (κ1) is 21.9. The summed E-state index contributed by atoms with van der Waals surface area (Å²) in [6, 6.07) is 24.0. The van der Waals surface area contributed by atoms with Crippen LogP contribution in [0.3, 0.4) is 0 Å². The smallest absolute Gasteiger partial charge is 0.142 e. The van der Waals surface area contributed by atoms with Gasteiger partial charge in [-0.1, -0.05) is 48.5 Å². The Hall–Kier alpha value is -2.89. The molecule has 2 aliphatic heterocycles. The van der Waals surface area contributed by atoms with Crippen LogP contribution in [-0.2, 0) is 6.42 Å². The van der Waals surface area contributed by atoms with Crippen LogP contribution in [0.15, 0.2) is 72.9 Å². The second kappa shape index (κ2) is 10.4. The van der Waals surface area contributed by atoms with Crippen LogP contribution in [0.2, 0.25) is 0 Å². The van der Waals surface area contributed by atoms with Crippen molar-refractivity contribution in [3.8, 4) is 5.75 Å². The largest absolute Gasteiger partial charge is 0.492 e. The van der Waals surface area contributed by atoms with Gasteiger partial charge in [0.05, 0.1) is 18.3 Å². The van der Waals surface area contributed by atoms with E-state index in [1.807, 2.05) is 13.1 Å². The summed E-state index contributed by atoms with van der Waals surface area (Å²) in [7, 11) is 0. The molecular weight excluding hydrogens is 408 g/mol. The Bertz CT molecular complexity index is 1030. The molecule has 2 aromatic carbocycles. The normalized spacial score (nSPS) is 19.3. The molecule has 1 aromatic heterocycles. The van der Waals surface area contributed by atoms with E-state index in [2.05, 4.69) is 86.4 Å². The Morgan fingerprint density at radius 2 is 1.64 bits per heavy atom. The zero-order valence-corrected chi connectivity index (χ0v) is 19.6. The van der Waals surface area contributed by atoms with Gasteiger partial charge in [0, 0.05) is 64.1 Å². The number of hydrogen-bond donors (Lipinski definition) is 0. The molecule has 3 aromatic rings. The lowest BCUT2D eigenvalue weighted by Gasteiger charge is -2.40.